The second kappa shape index (κ2) is 6.36. The van der Waals surface area contributed by atoms with Crippen LogP contribution >= 0.6 is 22.9 Å². The Morgan fingerprint density at radius 1 is 1.45 bits per heavy atom. The fraction of sp³-hybridized carbons (Fsp3) is 0.375. The van der Waals surface area contributed by atoms with E-state index in [4.69, 9.17) is 17.3 Å². The van der Waals surface area contributed by atoms with Crippen molar-refractivity contribution in [1.82, 2.24) is 9.88 Å². The van der Waals surface area contributed by atoms with Gasteiger partial charge < -0.3 is 10.6 Å². The molecule has 0 bridgehead atoms. The third kappa shape index (κ3) is 2.89. The molecule has 4 nitrogen and oxygen atoms in total. The standard InChI is InChI=1S/C16H18ClN3OS/c1-10-14(16(21)20-8-2-3-13(20)9-18)22-15(19-10)11-4-6-12(17)7-5-11/h4-7,13H,2-3,8-9,18H2,1H3. The predicted octanol–water partition coefficient (Wildman–Crippen LogP) is 3.34. The first kappa shape index (κ1) is 15.5. The average molecular weight is 336 g/mol. The van der Waals surface area contributed by atoms with Crippen LogP contribution in [-0.2, 0) is 0 Å². The fourth-order valence-electron chi connectivity index (χ4n) is 2.79. The van der Waals surface area contributed by atoms with Gasteiger partial charge in [-0.2, -0.15) is 0 Å². The number of nitrogens with zero attached hydrogens (tertiary/aromatic N) is 2. The van der Waals surface area contributed by atoms with Crippen LogP contribution in [0.4, 0.5) is 0 Å². The Morgan fingerprint density at radius 3 is 2.86 bits per heavy atom. The van der Waals surface area contributed by atoms with Gasteiger partial charge in [0, 0.05) is 29.7 Å². The maximum Gasteiger partial charge on any atom is 0.266 e. The lowest BCUT2D eigenvalue weighted by Crippen LogP contribution is -2.39. The molecule has 0 saturated carbocycles. The molecule has 1 amide bonds. The van der Waals surface area contributed by atoms with Crippen molar-refractivity contribution in [2.45, 2.75) is 25.8 Å². The van der Waals surface area contributed by atoms with Gasteiger partial charge in [-0.3, -0.25) is 4.79 Å². The second-order valence-electron chi connectivity index (χ2n) is 5.47. The van der Waals surface area contributed by atoms with Gasteiger partial charge >= 0.3 is 0 Å². The third-order valence-electron chi connectivity index (χ3n) is 3.99. The molecule has 0 radical (unpaired) electrons. The van der Waals surface area contributed by atoms with Crippen LogP contribution in [-0.4, -0.2) is 34.9 Å². The summed E-state index contributed by atoms with van der Waals surface area (Å²) in [6.07, 6.45) is 2.01. The lowest BCUT2D eigenvalue weighted by molar-refractivity contribution is 0.0745. The van der Waals surface area contributed by atoms with Gasteiger partial charge in [-0.25, -0.2) is 4.98 Å². The van der Waals surface area contributed by atoms with Crippen LogP contribution in [0.5, 0.6) is 0 Å². The summed E-state index contributed by atoms with van der Waals surface area (Å²) in [5.74, 6) is 0.0585. The average Bonchev–Trinajstić information content (AvgIpc) is 3.13. The minimum atomic E-state index is 0.0585. The monoisotopic (exact) mass is 335 g/mol. The summed E-state index contributed by atoms with van der Waals surface area (Å²) in [4.78, 5) is 19.9. The molecule has 22 heavy (non-hydrogen) atoms. The molecule has 0 spiro atoms. The van der Waals surface area contributed by atoms with Crippen molar-refractivity contribution in [3.05, 3.63) is 39.9 Å². The van der Waals surface area contributed by atoms with Gasteiger partial charge in [0.1, 0.15) is 9.88 Å². The molecule has 116 valence electrons. The first-order valence-electron chi connectivity index (χ1n) is 7.34. The van der Waals surface area contributed by atoms with E-state index in [9.17, 15) is 4.79 Å². The maximum absolute atomic E-state index is 12.8. The molecule has 6 heteroatoms. The Hall–Kier alpha value is -1.43. The normalized spacial score (nSPS) is 18.0. The zero-order valence-electron chi connectivity index (χ0n) is 12.4. The zero-order chi connectivity index (χ0) is 15.7. The highest BCUT2D eigenvalue weighted by Crippen LogP contribution is 2.31. The van der Waals surface area contributed by atoms with Crippen molar-refractivity contribution in [3.8, 4) is 10.6 Å². The Labute approximate surface area is 138 Å². The van der Waals surface area contributed by atoms with Crippen molar-refractivity contribution in [2.75, 3.05) is 13.1 Å². The first-order valence-corrected chi connectivity index (χ1v) is 8.54. The molecular formula is C16H18ClN3OS. The first-order chi connectivity index (χ1) is 10.6. The van der Waals surface area contributed by atoms with Gasteiger partial charge in [0.25, 0.3) is 5.91 Å². The minimum absolute atomic E-state index is 0.0585. The number of benzene rings is 1. The predicted molar refractivity (Wildman–Crippen MR) is 90.4 cm³/mol. The molecule has 1 unspecified atom stereocenters. The number of likely N-dealkylation sites (tertiary alicyclic amines) is 1. The summed E-state index contributed by atoms with van der Waals surface area (Å²) < 4.78 is 0. The van der Waals surface area contributed by atoms with E-state index in [0.717, 1.165) is 35.7 Å². The maximum atomic E-state index is 12.8. The van der Waals surface area contributed by atoms with E-state index in [0.29, 0.717) is 16.4 Å². The number of thiazole rings is 1. The Morgan fingerprint density at radius 2 is 2.18 bits per heavy atom. The number of nitrogens with two attached hydrogens (primary N) is 1. The van der Waals surface area contributed by atoms with Crippen LogP contribution in [0.1, 0.15) is 28.2 Å². The van der Waals surface area contributed by atoms with Crippen LogP contribution in [0, 0.1) is 6.92 Å². The van der Waals surface area contributed by atoms with Crippen LogP contribution < -0.4 is 5.73 Å². The second-order valence-corrected chi connectivity index (χ2v) is 6.91. The smallest absolute Gasteiger partial charge is 0.266 e. The van der Waals surface area contributed by atoms with Gasteiger partial charge in [-0.1, -0.05) is 23.7 Å². The van der Waals surface area contributed by atoms with Gasteiger partial charge in [0.2, 0.25) is 0 Å². The Bertz CT molecular complexity index is 683. The van der Waals surface area contributed by atoms with Crippen molar-refractivity contribution in [1.29, 1.82) is 0 Å². The third-order valence-corrected chi connectivity index (χ3v) is 5.44. The molecular weight excluding hydrogens is 318 g/mol. The van der Waals surface area contributed by atoms with E-state index < -0.39 is 0 Å². The number of aromatic nitrogens is 1. The molecule has 1 aromatic carbocycles. The summed E-state index contributed by atoms with van der Waals surface area (Å²) >= 11 is 7.35. The summed E-state index contributed by atoms with van der Waals surface area (Å²) in [5, 5.41) is 1.54. The largest absolute Gasteiger partial charge is 0.334 e. The van der Waals surface area contributed by atoms with E-state index in [1.807, 2.05) is 36.1 Å². The fourth-order valence-corrected chi connectivity index (χ4v) is 3.94. The van der Waals surface area contributed by atoms with E-state index in [2.05, 4.69) is 4.98 Å². The number of hydrogen-bond acceptors (Lipinski definition) is 4. The summed E-state index contributed by atoms with van der Waals surface area (Å²) in [6, 6.07) is 7.67. The summed E-state index contributed by atoms with van der Waals surface area (Å²) in [6.45, 7) is 3.19. The molecule has 1 saturated heterocycles. The van der Waals surface area contributed by atoms with Crippen LogP contribution in [0.15, 0.2) is 24.3 Å². The number of amides is 1. The highest BCUT2D eigenvalue weighted by atomic mass is 35.5. The molecule has 1 atom stereocenters. The van der Waals surface area contributed by atoms with Crippen molar-refractivity contribution in [3.63, 3.8) is 0 Å². The van der Waals surface area contributed by atoms with E-state index >= 15 is 0 Å². The van der Waals surface area contributed by atoms with Crippen LogP contribution in [0.3, 0.4) is 0 Å². The number of aryl methyl sites for hydroxylation is 1. The number of halogens is 1. The van der Waals surface area contributed by atoms with Crippen molar-refractivity contribution >= 4 is 28.8 Å². The lowest BCUT2D eigenvalue weighted by atomic mass is 10.2. The van der Waals surface area contributed by atoms with Crippen molar-refractivity contribution < 1.29 is 4.79 Å². The Balaban J connectivity index is 1.89. The van der Waals surface area contributed by atoms with Crippen LogP contribution in [0.25, 0.3) is 10.6 Å². The highest BCUT2D eigenvalue weighted by Gasteiger charge is 2.30. The molecule has 2 heterocycles. The number of carbonyl (C=O) groups is 1. The molecule has 1 aromatic heterocycles. The van der Waals surface area contributed by atoms with E-state index in [1.165, 1.54) is 11.3 Å². The molecule has 2 N–H and O–H groups in total. The Kier molecular flexibility index (Phi) is 4.47. The quantitative estimate of drug-likeness (QED) is 0.935. The zero-order valence-corrected chi connectivity index (χ0v) is 14.0. The minimum Gasteiger partial charge on any atom is -0.334 e. The van der Waals surface area contributed by atoms with E-state index in [1.54, 1.807) is 0 Å². The van der Waals surface area contributed by atoms with Gasteiger partial charge in [0.05, 0.1) is 5.69 Å². The number of hydrogen-bond donors (Lipinski definition) is 1. The molecule has 1 aliphatic rings. The van der Waals surface area contributed by atoms with Crippen LogP contribution in [0.2, 0.25) is 5.02 Å². The molecule has 0 aliphatic carbocycles. The summed E-state index contributed by atoms with van der Waals surface area (Å²) in [5.41, 5.74) is 7.53. The summed E-state index contributed by atoms with van der Waals surface area (Å²) in [7, 11) is 0. The SMILES string of the molecule is Cc1nc(-c2ccc(Cl)cc2)sc1C(=O)N1CCCC1CN. The van der Waals surface area contributed by atoms with Crippen molar-refractivity contribution in [2.24, 2.45) is 5.73 Å². The van der Waals surface area contributed by atoms with Gasteiger partial charge in [-0.15, -0.1) is 11.3 Å². The number of rotatable bonds is 3. The molecule has 1 aliphatic heterocycles. The lowest BCUT2D eigenvalue weighted by Gasteiger charge is -2.22. The van der Waals surface area contributed by atoms with Gasteiger partial charge in [-0.05, 0) is 31.9 Å². The topological polar surface area (TPSA) is 59.2 Å². The highest BCUT2D eigenvalue weighted by molar-refractivity contribution is 7.17. The molecule has 3 rings (SSSR count). The molecule has 1 fully saturated rings. The number of carbonyl (C=O) groups excluding carboxylic acids is 1. The molecule has 2 aromatic rings. The van der Waals surface area contributed by atoms with Gasteiger partial charge in [0.15, 0.2) is 0 Å². The van der Waals surface area contributed by atoms with E-state index in [-0.39, 0.29) is 11.9 Å².